The van der Waals surface area contributed by atoms with Gasteiger partial charge in [-0.3, -0.25) is 24.5 Å². The lowest BCUT2D eigenvalue weighted by molar-refractivity contribution is -0.387. The van der Waals surface area contributed by atoms with Gasteiger partial charge in [-0.2, -0.15) is 0 Å². The number of likely N-dealkylation sites (N-methyl/N-ethyl adjacent to an activating group) is 1. The van der Waals surface area contributed by atoms with E-state index in [1.54, 1.807) is 11.4 Å². The predicted molar refractivity (Wildman–Crippen MR) is 219 cm³/mol. The van der Waals surface area contributed by atoms with Crippen molar-refractivity contribution in [3.63, 3.8) is 0 Å². The zero-order valence-electron chi connectivity index (χ0n) is 32.5. The number of rotatable bonds is 18. The van der Waals surface area contributed by atoms with E-state index >= 15 is 0 Å². The molecule has 0 bridgehead atoms. The van der Waals surface area contributed by atoms with Gasteiger partial charge < -0.3 is 41.6 Å². The number of aromatic carboxylic acids is 1. The third kappa shape index (κ3) is 18.1. The molecule has 0 saturated heterocycles. The SMILES string of the molecule is C=O.CC.CC(CCCN(C)Sc1ccc(C(=O)O)cc1[N+](=O)[O-])N1Cc2cc(CN)ccc2C1=O.CNCCOCCc1ccc(N)cc1Cl.O=CNC=O. The lowest BCUT2D eigenvalue weighted by atomic mass is 10.1. The van der Waals surface area contributed by atoms with Gasteiger partial charge in [0.2, 0.25) is 12.8 Å². The monoisotopic (exact) mass is 819 g/mol. The van der Waals surface area contributed by atoms with E-state index in [2.05, 4.69) is 5.32 Å². The number of nitro benzene ring substituents is 1. The maximum absolute atomic E-state index is 12.7. The summed E-state index contributed by atoms with van der Waals surface area (Å²) in [5.74, 6) is -1.17. The first-order chi connectivity index (χ1) is 26.9. The molecule has 0 fully saturated rings. The van der Waals surface area contributed by atoms with Crippen molar-refractivity contribution in [3.05, 3.63) is 97.6 Å². The van der Waals surface area contributed by atoms with Crippen LogP contribution in [0.5, 0.6) is 0 Å². The Morgan fingerprint density at radius 3 is 2.38 bits per heavy atom. The Balaban J connectivity index is 0.00000104. The maximum atomic E-state index is 12.7. The second-order valence-corrected chi connectivity index (χ2v) is 13.2. The fourth-order valence-corrected chi connectivity index (χ4v) is 6.18. The second-order valence-electron chi connectivity index (χ2n) is 11.5. The van der Waals surface area contributed by atoms with Crippen LogP contribution in [0.3, 0.4) is 0 Å². The molecule has 3 amide bonds. The fraction of sp³-hybridized carbons (Fsp3) is 0.395. The number of halogens is 1. The van der Waals surface area contributed by atoms with Gasteiger partial charge in [-0.15, -0.1) is 0 Å². The van der Waals surface area contributed by atoms with Gasteiger partial charge in [0.1, 0.15) is 11.7 Å². The molecular formula is C38H54ClN7O9S. The van der Waals surface area contributed by atoms with Crippen LogP contribution in [-0.2, 0) is 38.6 Å². The van der Waals surface area contributed by atoms with Gasteiger partial charge in [-0.1, -0.05) is 43.6 Å². The zero-order chi connectivity index (χ0) is 42.6. The van der Waals surface area contributed by atoms with E-state index in [0.717, 1.165) is 60.7 Å². The van der Waals surface area contributed by atoms with Crippen molar-refractivity contribution in [1.29, 1.82) is 0 Å². The molecule has 56 heavy (non-hydrogen) atoms. The number of nitrogens with two attached hydrogens (primary N) is 2. The summed E-state index contributed by atoms with van der Waals surface area (Å²) < 4.78 is 7.29. The topological polar surface area (TPSA) is 241 Å². The summed E-state index contributed by atoms with van der Waals surface area (Å²) in [6.07, 6.45) is 3.02. The molecule has 0 radical (unpaired) electrons. The number of nitrogen functional groups attached to an aromatic ring is 1. The highest BCUT2D eigenvalue weighted by molar-refractivity contribution is 7.97. The Hall–Kier alpha value is -4.91. The van der Waals surface area contributed by atoms with Gasteiger partial charge in [0.15, 0.2) is 0 Å². The van der Waals surface area contributed by atoms with Crippen LogP contribution in [0.25, 0.3) is 0 Å². The summed E-state index contributed by atoms with van der Waals surface area (Å²) in [6.45, 7) is 12.0. The quantitative estimate of drug-likeness (QED) is 0.0285. The van der Waals surface area contributed by atoms with Crippen LogP contribution in [0.1, 0.15) is 71.0 Å². The summed E-state index contributed by atoms with van der Waals surface area (Å²) in [6, 6.07) is 15.2. The number of hydrogen-bond acceptors (Lipinski definition) is 13. The van der Waals surface area contributed by atoms with Gasteiger partial charge in [-0.05, 0) is 99.3 Å². The number of imide groups is 1. The number of hydrogen-bond donors (Lipinski definition) is 5. The van der Waals surface area contributed by atoms with Gasteiger partial charge in [-0.25, -0.2) is 9.10 Å². The van der Waals surface area contributed by atoms with E-state index in [1.165, 1.54) is 24.1 Å². The Morgan fingerprint density at radius 1 is 1.14 bits per heavy atom. The number of nitro groups is 1. The molecule has 1 heterocycles. The van der Waals surface area contributed by atoms with Crippen molar-refractivity contribution in [2.75, 3.05) is 46.1 Å². The molecule has 0 saturated carbocycles. The van der Waals surface area contributed by atoms with E-state index in [9.17, 15) is 19.7 Å². The number of amides is 3. The fourth-order valence-electron chi connectivity index (χ4n) is 4.98. The smallest absolute Gasteiger partial charge is 0.335 e. The molecule has 1 unspecified atom stereocenters. The number of fused-ring (bicyclic) bond motifs is 1. The van der Waals surface area contributed by atoms with E-state index in [-0.39, 0.29) is 23.2 Å². The van der Waals surface area contributed by atoms with Crippen LogP contribution in [-0.4, -0.2) is 97.2 Å². The van der Waals surface area contributed by atoms with Crippen molar-refractivity contribution >= 4 is 66.4 Å². The normalized spacial score (nSPS) is 11.5. The molecule has 0 spiro atoms. The summed E-state index contributed by atoms with van der Waals surface area (Å²) in [7, 11) is 3.73. The summed E-state index contributed by atoms with van der Waals surface area (Å²) in [4.78, 5) is 62.9. The van der Waals surface area contributed by atoms with E-state index in [4.69, 9.17) is 47.3 Å². The Morgan fingerprint density at radius 2 is 1.82 bits per heavy atom. The maximum Gasteiger partial charge on any atom is 0.335 e. The number of benzene rings is 3. The first-order valence-corrected chi connectivity index (χ1v) is 18.7. The number of carboxylic acids is 1. The first kappa shape index (κ1) is 51.1. The van der Waals surface area contributed by atoms with E-state index in [1.807, 2.05) is 81.2 Å². The minimum Gasteiger partial charge on any atom is -0.478 e. The number of carboxylic acid groups (broad SMARTS) is 1. The van der Waals surface area contributed by atoms with Gasteiger partial charge >= 0.3 is 5.97 Å². The zero-order valence-corrected chi connectivity index (χ0v) is 34.1. The van der Waals surface area contributed by atoms with Crippen molar-refractivity contribution in [2.24, 2.45) is 5.73 Å². The van der Waals surface area contributed by atoms with Crippen molar-refractivity contribution in [3.8, 4) is 0 Å². The number of anilines is 1. The summed E-state index contributed by atoms with van der Waals surface area (Å²) >= 11 is 7.23. The molecule has 3 aromatic carbocycles. The van der Waals surface area contributed by atoms with E-state index in [0.29, 0.717) is 54.7 Å². The van der Waals surface area contributed by atoms with Crippen LogP contribution in [0.4, 0.5) is 11.4 Å². The highest BCUT2D eigenvalue weighted by Crippen LogP contribution is 2.32. The summed E-state index contributed by atoms with van der Waals surface area (Å²) in [5.41, 5.74) is 15.5. The van der Waals surface area contributed by atoms with Crippen LogP contribution in [0.2, 0.25) is 5.02 Å². The number of carbonyl (C=O) groups excluding carboxylic acids is 4. The molecule has 0 aromatic heterocycles. The minimum absolute atomic E-state index is 0.0351. The highest BCUT2D eigenvalue weighted by atomic mass is 35.5. The lowest BCUT2D eigenvalue weighted by Gasteiger charge is -2.25. The molecule has 1 atom stereocenters. The van der Waals surface area contributed by atoms with Gasteiger partial charge in [0, 0.05) is 54.6 Å². The molecule has 18 heteroatoms. The molecule has 1 aliphatic rings. The van der Waals surface area contributed by atoms with Crippen molar-refractivity contribution < 1.29 is 38.7 Å². The third-order valence-corrected chi connectivity index (χ3v) is 9.13. The van der Waals surface area contributed by atoms with E-state index < -0.39 is 10.9 Å². The standard InChI is InChI=1S/C22H26N4O5S.C11H17ClN2O.C2H3NO2.C2H6.CH2O/c1-14(25-13-17-10-15(12-23)5-7-18(17)21(25)27)4-3-9-24(2)32-20-8-6-16(22(28)29)11-19(20)26(30)31;1-14-5-7-15-6-4-9-2-3-10(13)8-11(9)12;4-1-3-2-5;2*1-2/h5-8,10-11,14H,3-4,9,12-13,23H2,1-2H3,(H,28,29);2-3,8,14H,4-7,13H2,1H3;1-2H,(H,3,4,5);1-2H3;1H2. The van der Waals surface area contributed by atoms with Crippen LogP contribution in [0, 0.1) is 10.1 Å². The molecule has 16 nitrogen and oxygen atoms in total. The molecular weight excluding hydrogens is 766 g/mol. The number of carbonyl (C=O) groups is 5. The predicted octanol–water partition coefficient (Wildman–Crippen LogP) is 4.95. The van der Waals surface area contributed by atoms with Crippen LogP contribution < -0.4 is 22.1 Å². The van der Waals surface area contributed by atoms with Gasteiger partial charge in [0.25, 0.3) is 11.6 Å². The average Bonchev–Trinajstić information content (AvgIpc) is 3.53. The first-order valence-electron chi connectivity index (χ1n) is 17.6. The highest BCUT2D eigenvalue weighted by Gasteiger charge is 2.30. The molecule has 3 aromatic rings. The molecule has 0 aliphatic carbocycles. The van der Waals surface area contributed by atoms with Gasteiger partial charge in [0.05, 0.1) is 23.7 Å². The Labute approximate surface area is 337 Å². The minimum atomic E-state index is -1.20. The number of nitrogens with one attached hydrogen (secondary N) is 2. The summed E-state index contributed by atoms with van der Waals surface area (Å²) in [5, 5.41) is 25.9. The van der Waals surface area contributed by atoms with Crippen LogP contribution in [0.15, 0.2) is 59.5 Å². The van der Waals surface area contributed by atoms with Crippen LogP contribution >= 0.6 is 23.5 Å². The average molecular weight is 820 g/mol. The molecule has 308 valence electrons. The number of nitrogens with zero attached hydrogens (tertiary/aromatic N) is 3. The molecule has 1 aliphatic heterocycles. The second kappa shape index (κ2) is 29.4. The van der Waals surface area contributed by atoms with Crippen molar-refractivity contribution in [2.45, 2.75) is 64.1 Å². The molecule has 7 N–H and O–H groups in total. The number of ether oxygens (including phenoxy) is 1. The largest absolute Gasteiger partial charge is 0.478 e. The Bertz CT molecular complexity index is 1680. The lowest BCUT2D eigenvalue weighted by Crippen LogP contribution is -2.33. The van der Waals surface area contributed by atoms with Crippen molar-refractivity contribution in [1.82, 2.24) is 19.8 Å². The Kier molecular flexibility index (Phi) is 26.8. The molecule has 4 rings (SSSR count). The third-order valence-electron chi connectivity index (χ3n) is 7.75.